The maximum atomic E-state index is 10.1. The fraction of sp³-hybridized carbons (Fsp3) is 0.136. The van der Waals surface area contributed by atoms with Gasteiger partial charge in [0.1, 0.15) is 17.5 Å². The molecule has 4 rings (SSSR count). The zero-order chi connectivity index (χ0) is 19.5. The lowest BCUT2D eigenvalue weighted by Crippen LogP contribution is -2.11. The lowest BCUT2D eigenvalue weighted by atomic mass is 9.94. The lowest BCUT2D eigenvalue weighted by Gasteiger charge is -2.19. The highest BCUT2D eigenvalue weighted by Gasteiger charge is 2.22. The van der Waals surface area contributed by atoms with Crippen molar-refractivity contribution in [1.82, 2.24) is 14.6 Å². The molecule has 0 saturated heterocycles. The van der Waals surface area contributed by atoms with Crippen LogP contribution in [-0.2, 0) is 6.54 Å². The molecule has 6 nitrogen and oxygen atoms in total. The molecule has 0 aliphatic rings. The Bertz CT molecular complexity index is 1170. The third kappa shape index (κ3) is 2.93. The van der Waals surface area contributed by atoms with E-state index in [0.717, 1.165) is 33.5 Å². The second kappa shape index (κ2) is 7.41. The second-order valence-electron chi connectivity index (χ2n) is 6.49. The number of aryl methyl sites for hydroxylation is 1. The van der Waals surface area contributed by atoms with Crippen LogP contribution >= 0.6 is 0 Å². The minimum Gasteiger partial charge on any atom is -0.386 e. The van der Waals surface area contributed by atoms with Crippen LogP contribution in [0.1, 0.15) is 16.7 Å². The quantitative estimate of drug-likeness (QED) is 0.551. The van der Waals surface area contributed by atoms with Crippen molar-refractivity contribution < 1.29 is 0 Å². The molecule has 28 heavy (non-hydrogen) atoms. The number of hydrogen-bond donors (Lipinski definition) is 2. The van der Waals surface area contributed by atoms with Gasteiger partial charge in [0.2, 0.25) is 0 Å². The molecule has 0 unspecified atom stereocenters. The average molecular weight is 368 g/mol. The van der Waals surface area contributed by atoms with E-state index in [1.807, 2.05) is 49.6 Å². The average Bonchev–Trinajstić information content (AvgIpc) is 3.22. The van der Waals surface area contributed by atoms with Crippen molar-refractivity contribution in [2.24, 2.45) is 0 Å². The van der Waals surface area contributed by atoms with Crippen LogP contribution in [0.3, 0.4) is 0 Å². The van der Waals surface area contributed by atoms with Gasteiger partial charge in [0.05, 0.1) is 17.4 Å². The van der Waals surface area contributed by atoms with Crippen LogP contribution in [-0.4, -0.2) is 21.6 Å². The number of nitriles is 1. The Hall–Kier alpha value is -3.85. The molecule has 4 aromatic rings. The summed E-state index contributed by atoms with van der Waals surface area (Å²) in [5.41, 5.74) is 6.39. The molecular weight excluding hydrogens is 348 g/mol. The number of nitrogens with zero attached hydrogens (tertiary/aromatic N) is 4. The van der Waals surface area contributed by atoms with Crippen molar-refractivity contribution in [3.63, 3.8) is 0 Å². The SMILES string of the molecule is CNc1c(-c2ccccc2C)c(C#N)c(NCc2cccnc2)n2nccc12. The van der Waals surface area contributed by atoms with Gasteiger partial charge < -0.3 is 10.6 Å². The van der Waals surface area contributed by atoms with Gasteiger partial charge in [-0.3, -0.25) is 4.98 Å². The van der Waals surface area contributed by atoms with Crippen LogP contribution in [0.4, 0.5) is 11.5 Å². The van der Waals surface area contributed by atoms with Crippen molar-refractivity contribution in [2.75, 3.05) is 17.7 Å². The molecule has 3 aromatic heterocycles. The highest BCUT2D eigenvalue weighted by Crippen LogP contribution is 2.40. The second-order valence-corrected chi connectivity index (χ2v) is 6.49. The highest BCUT2D eigenvalue weighted by molar-refractivity contribution is 5.96. The summed E-state index contributed by atoms with van der Waals surface area (Å²) in [5, 5.41) is 21.2. The molecule has 0 amide bonds. The molecule has 2 N–H and O–H groups in total. The number of pyridine rings is 2. The standard InChI is InChI=1S/C22H20N6/c1-15-6-3-4-8-17(15)20-18(12-23)22(26-14-16-7-5-10-25-13-16)28-19(9-11-27-28)21(20)24-2/h3-11,13,24,26H,14H2,1-2H3. The Labute approximate surface area is 163 Å². The summed E-state index contributed by atoms with van der Waals surface area (Å²) in [7, 11) is 1.87. The van der Waals surface area contributed by atoms with E-state index < -0.39 is 0 Å². The first-order valence-electron chi connectivity index (χ1n) is 9.05. The maximum Gasteiger partial charge on any atom is 0.147 e. The van der Waals surface area contributed by atoms with Gasteiger partial charge in [-0.1, -0.05) is 30.3 Å². The van der Waals surface area contributed by atoms with Crippen LogP contribution in [0, 0.1) is 18.3 Å². The van der Waals surface area contributed by atoms with Crippen LogP contribution in [0.15, 0.2) is 61.1 Å². The molecule has 0 aliphatic carbocycles. The molecule has 0 saturated carbocycles. The van der Waals surface area contributed by atoms with E-state index in [1.54, 1.807) is 16.9 Å². The van der Waals surface area contributed by atoms with Crippen molar-refractivity contribution >= 4 is 17.0 Å². The Morgan fingerprint density at radius 3 is 2.68 bits per heavy atom. The number of benzene rings is 1. The van der Waals surface area contributed by atoms with Crippen LogP contribution in [0.5, 0.6) is 0 Å². The molecule has 0 atom stereocenters. The predicted octanol–water partition coefficient (Wildman–Crippen LogP) is 4.23. The van der Waals surface area contributed by atoms with Gasteiger partial charge in [-0.25, -0.2) is 4.52 Å². The van der Waals surface area contributed by atoms with Crippen molar-refractivity contribution in [3.8, 4) is 17.2 Å². The van der Waals surface area contributed by atoms with Gasteiger partial charge in [0.25, 0.3) is 0 Å². The number of hydrogen-bond acceptors (Lipinski definition) is 5. The fourth-order valence-corrected chi connectivity index (χ4v) is 3.48. The van der Waals surface area contributed by atoms with E-state index in [9.17, 15) is 5.26 Å². The smallest absolute Gasteiger partial charge is 0.147 e. The summed E-state index contributed by atoms with van der Waals surface area (Å²) < 4.78 is 1.78. The molecule has 0 radical (unpaired) electrons. The Kier molecular flexibility index (Phi) is 4.65. The maximum absolute atomic E-state index is 10.1. The van der Waals surface area contributed by atoms with Crippen LogP contribution in [0.25, 0.3) is 16.6 Å². The molecule has 3 heterocycles. The van der Waals surface area contributed by atoms with Crippen molar-refractivity contribution in [1.29, 1.82) is 5.26 Å². The monoisotopic (exact) mass is 368 g/mol. The molecule has 0 aliphatic heterocycles. The summed E-state index contributed by atoms with van der Waals surface area (Å²) in [6.45, 7) is 2.60. The van der Waals surface area contributed by atoms with E-state index in [1.165, 1.54) is 0 Å². The van der Waals surface area contributed by atoms with Gasteiger partial charge in [0.15, 0.2) is 0 Å². The van der Waals surface area contributed by atoms with Gasteiger partial charge in [-0.2, -0.15) is 10.4 Å². The summed E-state index contributed by atoms with van der Waals surface area (Å²) >= 11 is 0. The molecule has 0 bridgehead atoms. The van der Waals surface area contributed by atoms with Crippen LogP contribution in [0.2, 0.25) is 0 Å². The van der Waals surface area contributed by atoms with Gasteiger partial charge in [-0.05, 0) is 35.7 Å². The van der Waals surface area contributed by atoms with E-state index >= 15 is 0 Å². The molecule has 1 aromatic carbocycles. The number of rotatable bonds is 5. The topological polar surface area (TPSA) is 78.0 Å². The van der Waals surface area contributed by atoms with E-state index in [4.69, 9.17) is 0 Å². The third-order valence-corrected chi connectivity index (χ3v) is 4.81. The normalized spacial score (nSPS) is 10.6. The first kappa shape index (κ1) is 17.6. The molecular formula is C22H20N6. The molecule has 0 fully saturated rings. The van der Waals surface area contributed by atoms with Crippen molar-refractivity contribution in [2.45, 2.75) is 13.5 Å². The number of fused-ring (bicyclic) bond motifs is 1. The summed E-state index contributed by atoms with van der Waals surface area (Å²) in [6, 6.07) is 16.3. The largest absolute Gasteiger partial charge is 0.386 e. The molecule has 0 spiro atoms. The number of aromatic nitrogens is 3. The van der Waals surface area contributed by atoms with E-state index in [0.29, 0.717) is 17.9 Å². The fourth-order valence-electron chi connectivity index (χ4n) is 3.48. The van der Waals surface area contributed by atoms with Crippen LogP contribution < -0.4 is 10.6 Å². The molecule has 138 valence electrons. The predicted molar refractivity (Wildman–Crippen MR) is 111 cm³/mol. The first-order valence-corrected chi connectivity index (χ1v) is 9.05. The zero-order valence-corrected chi connectivity index (χ0v) is 15.8. The van der Waals surface area contributed by atoms with E-state index in [-0.39, 0.29) is 0 Å². The van der Waals surface area contributed by atoms with Crippen molar-refractivity contribution in [3.05, 3.63) is 77.7 Å². The zero-order valence-electron chi connectivity index (χ0n) is 15.8. The van der Waals surface area contributed by atoms with Gasteiger partial charge >= 0.3 is 0 Å². The third-order valence-electron chi connectivity index (χ3n) is 4.81. The number of nitrogens with one attached hydrogen (secondary N) is 2. The Morgan fingerprint density at radius 1 is 1.11 bits per heavy atom. The van der Waals surface area contributed by atoms with Gasteiger partial charge in [0, 0.05) is 31.5 Å². The Balaban J connectivity index is 1.96. The highest BCUT2D eigenvalue weighted by atomic mass is 15.3. The molecule has 6 heteroatoms. The minimum atomic E-state index is 0.545. The summed E-state index contributed by atoms with van der Waals surface area (Å²) in [6.07, 6.45) is 5.30. The summed E-state index contributed by atoms with van der Waals surface area (Å²) in [5.74, 6) is 0.670. The lowest BCUT2D eigenvalue weighted by molar-refractivity contribution is 0.939. The van der Waals surface area contributed by atoms with E-state index in [2.05, 4.69) is 39.8 Å². The number of anilines is 2. The first-order chi connectivity index (χ1) is 13.7. The van der Waals surface area contributed by atoms with Gasteiger partial charge in [-0.15, -0.1) is 0 Å². The Morgan fingerprint density at radius 2 is 1.96 bits per heavy atom. The minimum absolute atomic E-state index is 0.545. The summed E-state index contributed by atoms with van der Waals surface area (Å²) in [4.78, 5) is 4.16.